The van der Waals surface area contributed by atoms with Gasteiger partial charge in [-0.1, -0.05) is 54.6 Å². The molecule has 0 spiro atoms. The number of carbonyl (C=O) groups excluding carboxylic acids is 1. The first-order valence-electron chi connectivity index (χ1n) is 7.96. The third-order valence-corrected chi connectivity index (χ3v) is 4.18. The number of carbonyl (C=O) groups is 1. The molecule has 0 N–H and O–H groups in total. The summed E-state index contributed by atoms with van der Waals surface area (Å²) >= 11 is 0. The summed E-state index contributed by atoms with van der Waals surface area (Å²) in [4.78, 5) is 12.4. The van der Waals surface area contributed by atoms with Gasteiger partial charge in [-0.2, -0.15) is 0 Å². The van der Waals surface area contributed by atoms with Crippen LogP contribution in [0.15, 0.2) is 66.7 Å². The maximum atomic E-state index is 12.4. The second kappa shape index (κ2) is 7.18. The first kappa shape index (κ1) is 16.1. The summed E-state index contributed by atoms with van der Waals surface area (Å²) < 4.78 is 10.6. The fourth-order valence-electron chi connectivity index (χ4n) is 2.76. The van der Waals surface area contributed by atoms with Gasteiger partial charge in [-0.3, -0.25) is 4.79 Å². The minimum atomic E-state index is -0.311. The van der Waals surface area contributed by atoms with Crippen LogP contribution in [0.3, 0.4) is 0 Å². The fourth-order valence-corrected chi connectivity index (χ4v) is 2.76. The van der Waals surface area contributed by atoms with Gasteiger partial charge in [0.25, 0.3) is 0 Å². The molecule has 24 heavy (non-hydrogen) atoms. The smallest absolute Gasteiger partial charge is 0.313 e. The topological polar surface area (TPSA) is 35.5 Å². The maximum Gasteiger partial charge on any atom is 0.313 e. The molecule has 1 unspecified atom stereocenters. The zero-order chi connectivity index (χ0) is 16.9. The zero-order valence-electron chi connectivity index (χ0n) is 13.9. The van der Waals surface area contributed by atoms with Crippen molar-refractivity contribution in [1.82, 2.24) is 0 Å². The van der Waals surface area contributed by atoms with Gasteiger partial charge in [0.05, 0.1) is 13.0 Å². The molecule has 3 rings (SSSR count). The molecule has 3 nitrogen and oxygen atoms in total. The summed E-state index contributed by atoms with van der Waals surface area (Å²) in [5.74, 6) is 0.255. The van der Waals surface area contributed by atoms with Crippen molar-refractivity contribution in [2.45, 2.75) is 19.4 Å². The lowest BCUT2D eigenvalue weighted by molar-refractivity contribution is -0.146. The highest BCUT2D eigenvalue weighted by molar-refractivity contribution is 5.91. The summed E-state index contributed by atoms with van der Waals surface area (Å²) in [6, 6.07) is 21.6. The Morgan fingerprint density at radius 2 is 1.67 bits per heavy atom. The Bertz CT molecular complexity index is 832. The van der Waals surface area contributed by atoms with Crippen molar-refractivity contribution >= 4 is 16.7 Å². The Labute approximate surface area is 141 Å². The largest absolute Gasteiger partial charge is 0.497 e. The number of methoxy groups -OCH3 is 1. The number of hydrogen-bond donors (Lipinski definition) is 0. The highest BCUT2D eigenvalue weighted by atomic mass is 16.5. The van der Waals surface area contributed by atoms with E-state index in [4.69, 9.17) is 9.47 Å². The molecule has 0 saturated carbocycles. The average Bonchev–Trinajstić information content (AvgIpc) is 2.65. The molecule has 0 aromatic heterocycles. The van der Waals surface area contributed by atoms with Crippen LogP contribution < -0.4 is 4.74 Å². The lowest BCUT2D eigenvalue weighted by Crippen LogP contribution is -2.13. The van der Waals surface area contributed by atoms with Crippen molar-refractivity contribution < 1.29 is 14.3 Å². The Kier molecular flexibility index (Phi) is 4.80. The molecule has 0 aliphatic carbocycles. The van der Waals surface area contributed by atoms with Gasteiger partial charge >= 0.3 is 5.97 Å². The monoisotopic (exact) mass is 320 g/mol. The van der Waals surface area contributed by atoms with E-state index < -0.39 is 0 Å². The summed E-state index contributed by atoms with van der Waals surface area (Å²) in [5, 5.41) is 2.22. The van der Waals surface area contributed by atoms with Gasteiger partial charge in [-0.15, -0.1) is 0 Å². The predicted octanol–water partition coefficient (Wildman–Crippen LogP) is 4.70. The molecule has 0 aliphatic heterocycles. The van der Waals surface area contributed by atoms with Crippen LogP contribution in [0.25, 0.3) is 10.8 Å². The van der Waals surface area contributed by atoms with E-state index in [2.05, 4.69) is 0 Å². The molecular formula is C21H20O3. The summed E-state index contributed by atoms with van der Waals surface area (Å²) in [6.07, 6.45) is 0. The van der Waals surface area contributed by atoms with E-state index in [-0.39, 0.29) is 18.5 Å². The fraction of sp³-hybridized carbons (Fsp3) is 0.190. The minimum Gasteiger partial charge on any atom is -0.497 e. The van der Waals surface area contributed by atoms with E-state index in [1.165, 1.54) is 0 Å². The number of fused-ring (bicyclic) bond motifs is 1. The van der Waals surface area contributed by atoms with Crippen molar-refractivity contribution in [2.75, 3.05) is 7.11 Å². The van der Waals surface area contributed by atoms with E-state index in [0.29, 0.717) is 0 Å². The highest BCUT2D eigenvalue weighted by Gasteiger charge is 2.19. The maximum absolute atomic E-state index is 12.4. The van der Waals surface area contributed by atoms with Crippen molar-refractivity contribution in [3.8, 4) is 5.75 Å². The van der Waals surface area contributed by atoms with Gasteiger partial charge < -0.3 is 9.47 Å². The molecule has 1 atom stereocenters. The van der Waals surface area contributed by atoms with Crippen LogP contribution in [0.2, 0.25) is 0 Å². The molecule has 0 amide bonds. The number of rotatable bonds is 5. The van der Waals surface area contributed by atoms with Crippen LogP contribution >= 0.6 is 0 Å². The van der Waals surface area contributed by atoms with Crippen LogP contribution in [-0.2, 0) is 16.1 Å². The molecule has 122 valence electrons. The van der Waals surface area contributed by atoms with Gasteiger partial charge in [0, 0.05) is 0 Å². The van der Waals surface area contributed by atoms with Crippen LogP contribution in [0.4, 0.5) is 0 Å². The molecule has 0 heterocycles. The third-order valence-electron chi connectivity index (χ3n) is 4.18. The Morgan fingerprint density at radius 3 is 2.42 bits per heavy atom. The SMILES string of the molecule is COc1ccc(COC(=O)C(C)c2cccc3ccccc23)cc1. The number of ether oxygens (including phenoxy) is 2. The first-order chi connectivity index (χ1) is 11.7. The zero-order valence-corrected chi connectivity index (χ0v) is 13.9. The molecule has 0 aliphatic rings. The number of esters is 1. The molecule has 3 heteroatoms. The van der Waals surface area contributed by atoms with Crippen molar-refractivity contribution in [1.29, 1.82) is 0 Å². The quantitative estimate of drug-likeness (QED) is 0.639. The van der Waals surface area contributed by atoms with E-state index in [1.54, 1.807) is 7.11 Å². The van der Waals surface area contributed by atoms with Gasteiger partial charge in [0.15, 0.2) is 0 Å². The normalized spacial score (nSPS) is 11.9. The molecule has 3 aromatic carbocycles. The van der Waals surface area contributed by atoms with Crippen molar-refractivity contribution in [2.24, 2.45) is 0 Å². The summed E-state index contributed by atoms with van der Waals surface area (Å²) in [5.41, 5.74) is 1.93. The number of benzene rings is 3. The minimum absolute atomic E-state index is 0.220. The van der Waals surface area contributed by atoms with E-state index in [9.17, 15) is 4.79 Å². The molecular weight excluding hydrogens is 300 g/mol. The Balaban J connectivity index is 1.71. The van der Waals surface area contributed by atoms with Crippen LogP contribution in [0, 0.1) is 0 Å². The first-order valence-corrected chi connectivity index (χ1v) is 7.96. The highest BCUT2D eigenvalue weighted by Crippen LogP contribution is 2.26. The lowest BCUT2D eigenvalue weighted by Gasteiger charge is -2.14. The van der Waals surface area contributed by atoms with Crippen LogP contribution in [0.5, 0.6) is 5.75 Å². The molecule has 0 radical (unpaired) electrons. The second-order valence-electron chi connectivity index (χ2n) is 5.75. The molecule has 3 aromatic rings. The lowest BCUT2D eigenvalue weighted by atomic mass is 9.95. The average molecular weight is 320 g/mol. The van der Waals surface area contributed by atoms with Gasteiger partial charge in [0.1, 0.15) is 12.4 Å². The predicted molar refractivity (Wildman–Crippen MR) is 95.2 cm³/mol. The van der Waals surface area contributed by atoms with Crippen molar-refractivity contribution in [3.63, 3.8) is 0 Å². The van der Waals surface area contributed by atoms with Crippen LogP contribution in [0.1, 0.15) is 24.0 Å². The number of hydrogen-bond acceptors (Lipinski definition) is 3. The Hall–Kier alpha value is -2.81. The molecule has 0 saturated heterocycles. The second-order valence-corrected chi connectivity index (χ2v) is 5.75. The van der Waals surface area contributed by atoms with E-state index in [1.807, 2.05) is 73.7 Å². The standard InChI is InChI=1S/C21H20O3/c1-15(19-9-5-7-17-6-3-4-8-20(17)19)21(22)24-14-16-10-12-18(23-2)13-11-16/h3-13,15H,14H2,1-2H3. The molecule has 0 bridgehead atoms. The van der Waals surface area contributed by atoms with Crippen LogP contribution in [-0.4, -0.2) is 13.1 Å². The summed E-state index contributed by atoms with van der Waals surface area (Å²) in [7, 11) is 1.63. The third kappa shape index (κ3) is 3.40. The van der Waals surface area contributed by atoms with Crippen molar-refractivity contribution in [3.05, 3.63) is 77.9 Å². The Morgan fingerprint density at radius 1 is 0.958 bits per heavy atom. The van der Waals surface area contributed by atoms with E-state index in [0.717, 1.165) is 27.6 Å². The molecule has 0 fully saturated rings. The van der Waals surface area contributed by atoms with E-state index >= 15 is 0 Å². The van der Waals surface area contributed by atoms with Gasteiger partial charge in [-0.25, -0.2) is 0 Å². The summed E-state index contributed by atoms with van der Waals surface area (Å²) in [6.45, 7) is 2.15. The van der Waals surface area contributed by atoms with Gasteiger partial charge in [-0.05, 0) is 41.0 Å². The van der Waals surface area contributed by atoms with Gasteiger partial charge in [0.2, 0.25) is 0 Å².